The summed E-state index contributed by atoms with van der Waals surface area (Å²) in [4.78, 5) is 23.9. The van der Waals surface area contributed by atoms with E-state index in [0.717, 1.165) is 5.56 Å². The number of carbonyl (C=O) groups is 2. The lowest BCUT2D eigenvalue weighted by molar-refractivity contribution is -0.147. The lowest BCUT2D eigenvalue weighted by Gasteiger charge is -2.28. The first kappa shape index (κ1) is 19.0. The smallest absolute Gasteiger partial charge is 0.408 e. The SMILES string of the molecule is CC(C(=O)OCC(C)(C)NC(=O)OC(C)(C)C)c1ccccc1. The number of benzene rings is 1. The van der Waals surface area contributed by atoms with Gasteiger partial charge in [0.15, 0.2) is 0 Å². The van der Waals surface area contributed by atoms with Crippen molar-refractivity contribution in [3.8, 4) is 0 Å². The Morgan fingerprint density at radius 1 is 1.09 bits per heavy atom. The number of hydrogen-bond acceptors (Lipinski definition) is 4. The lowest BCUT2D eigenvalue weighted by atomic mass is 10.0. The molecule has 1 atom stereocenters. The fourth-order valence-corrected chi connectivity index (χ4v) is 1.87. The normalized spacial score (nSPS) is 13.1. The van der Waals surface area contributed by atoms with Crippen LogP contribution in [0.25, 0.3) is 0 Å². The molecule has 0 saturated carbocycles. The Hall–Kier alpha value is -2.04. The van der Waals surface area contributed by atoms with E-state index in [1.807, 2.05) is 30.3 Å². The second-order valence-corrected chi connectivity index (χ2v) is 7.25. The highest BCUT2D eigenvalue weighted by Crippen LogP contribution is 2.17. The summed E-state index contributed by atoms with van der Waals surface area (Å²) in [6.07, 6.45) is -0.533. The van der Waals surface area contributed by atoms with Crippen molar-refractivity contribution in [3.05, 3.63) is 35.9 Å². The van der Waals surface area contributed by atoms with Gasteiger partial charge in [-0.2, -0.15) is 0 Å². The molecule has 1 amide bonds. The minimum atomic E-state index is -0.714. The summed E-state index contributed by atoms with van der Waals surface area (Å²) in [5.41, 5.74) is -0.386. The maximum absolute atomic E-state index is 12.1. The van der Waals surface area contributed by atoms with Crippen molar-refractivity contribution in [3.63, 3.8) is 0 Å². The van der Waals surface area contributed by atoms with Gasteiger partial charge in [-0.25, -0.2) is 4.79 Å². The molecule has 0 heterocycles. The molecule has 0 aliphatic carbocycles. The standard InChI is InChI=1S/C18H27NO4/c1-13(14-10-8-7-9-11-14)15(20)22-12-18(5,6)19-16(21)23-17(2,3)4/h7-11,13H,12H2,1-6H3,(H,19,21). The van der Waals surface area contributed by atoms with Crippen molar-refractivity contribution in [2.24, 2.45) is 0 Å². The van der Waals surface area contributed by atoms with E-state index in [9.17, 15) is 9.59 Å². The minimum Gasteiger partial charge on any atom is -0.463 e. The van der Waals surface area contributed by atoms with Crippen molar-refractivity contribution in [1.82, 2.24) is 5.32 Å². The number of nitrogens with one attached hydrogen (secondary N) is 1. The molecule has 1 rings (SSSR count). The molecule has 1 N–H and O–H groups in total. The van der Waals surface area contributed by atoms with E-state index < -0.39 is 17.2 Å². The Morgan fingerprint density at radius 2 is 1.65 bits per heavy atom. The number of ether oxygens (including phenoxy) is 2. The molecule has 128 valence electrons. The Labute approximate surface area is 138 Å². The second-order valence-electron chi connectivity index (χ2n) is 7.25. The van der Waals surface area contributed by atoms with Crippen LogP contribution in [0.4, 0.5) is 4.79 Å². The first-order chi connectivity index (χ1) is 10.5. The summed E-state index contributed by atoms with van der Waals surface area (Å²) in [6, 6.07) is 9.43. The number of alkyl carbamates (subject to hydrolysis) is 1. The van der Waals surface area contributed by atoms with Crippen molar-refractivity contribution < 1.29 is 19.1 Å². The second kappa shape index (κ2) is 7.49. The van der Waals surface area contributed by atoms with E-state index in [-0.39, 0.29) is 18.5 Å². The highest BCUT2D eigenvalue weighted by Gasteiger charge is 2.27. The first-order valence-electron chi connectivity index (χ1n) is 7.73. The van der Waals surface area contributed by atoms with E-state index in [1.54, 1.807) is 41.5 Å². The van der Waals surface area contributed by atoms with Crippen LogP contribution in [-0.4, -0.2) is 29.8 Å². The van der Waals surface area contributed by atoms with E-state index >= 15 is 0 Å². The maximum Gasteiger partial charge on any atom is 0.408 e. The van der Waals surface area contributed by atoms with Gasteiger partial charge in [0, 0.05) is 0 Å². The molecule has 0 aromatic heterocycles. The molecule has 0 aliphatic rings. The monoisotopic (exact) mass is 321 g/mol. The molecule has 1 unspecified atom stereocenters. The quantitative estimate of drug-likeness (QED) is 0.841. The van der Waals surface area contributed by atoms with E-state index in [1.165, 1.54) is 0 Å². The zero-order chi connectivity index (χ0) is 17.7. The van der Waals surface area contributed by atoms with Crippen molar-refractivity contribution in [2.45, 2.75) is 58.6 Å². The summed E-state index contributed by atoms with van der Waals surface area (Å²) in [7, 11) is 0. The van der Waals surface area contributed by atoms with Gasteiger partial charge in [0.25, 0.3) is 0 Å². The summed E-state index contributed by atoms with van der Waals surface area (Å²) >= 11 is 0. The molecule has 0 aliphatic heterocycles. The van der Waals surface area contributed by atoms with Gasteiger partial charge >= 0.3 is 12.1 Å². The van der Waals surface area contributed by atoms with E-state index in [0.29, 0.717) is 0 Å². The Bertz CT molecular complexity index is 532. The number of hydrogen-bond donors (Lipinski definition) is 1. The highest BCUT2D eigenvalue weighted by atomic mass is 16.6. The van der Waals surface area contributed by atoms with Crippen LogP contribution in [-0.2, 0) is 14.3 Å². The molecule has 5 heteroatoms. The van der Waals surface area contributed by atoms with Crippen LogP contribution in [0.1, 0.15) is 53.0 Å². The van der Waals surface area contributed by atoms with Gasteiger partial charge in [-0.15, -0.1) is 0 Å². The fraction of sp³-hybridized carbons (Fsp3) is 0.556. The van der Waals surface area contributed by atoms with Crippen molar-refractivity contribution in [2.75, 3.05) is 6.61 Å². The summed E-state index contributed by atoms with van der Waals surface area (Å²) in [5.74, 6) is -0.677. The van der Waals surface area contributed by atoms with Gasteiger partial charge in [0.2, 0.25) is 0 Å². The molecule has 1 aromatic rings. The molecule has 0 bridgehead atoms. The molecule has 0 fully saturated rings. The summed E-state index contributed by atoms with van der Waals surface area (Å²) in [5, 5.41) is 2.71. The van der Waals surface area contributed by atoms with Crippen LogP contribution in [0.3, 0.4) is 0 Å². The Balaban J connectivity index is 2.52. The third-order valence-corrected chi connectivity index (χ3v) is 3.07. The van der Waals surface area contributed by atoms with Gasteiger partial charge in [-0.1, -0.05) is 30.3 Å². The molecule has 23 heavy (non-hydrogen) atoms. The molecule has 0 radical (unpaired) electrons. The van der Waals surface area contributed by atoms with Crippen LogP contribution in [0.2, 0.25) is 0 Å². The molecule has 1 aromatic carbocycles. The topological polar surface area (TPSA) is 64.6 Å². The van der Waals surface area contributed by atoms with Gasteiger partial charge < -0.3 is 14.8 Å². The predicted molar refractivity (Wildman–Crippen MR) is 89.3 cm³/mol. The third kappa shape index (κ3) is 7.17. The largest absolute Gasteiger partial charge is 0.463 e. The van der Waals surface area contributed by atoms with Gasteiger partial charge in [-0.05, 0) is 47.1 Å². The zero-order valence-electron chi connectivity index (χ0n) is 14.8. The zero-order valence-corrected chi connectivity index (χ0v) is 14.8. The predicted octanol–water partition coefficient (Wildman–Crippen LogP) is 3.64. The number of esters is 1. The van der Waals surface area contributed by atoms with Gasteiger partial charge in [0.05, 0.1) is 11.5 Å². The number of carbonyl (C=O) groups excluding carboxylic acids is 2. The van der Waals surface area contributed by atoms with Gasteiger partial charge in [0.1, 0.15) is 12.2 Å². The van der Waals surface area contributed by atoms with Crippen LogP contribution in [0.15, 0.2) is 30.3 Å². The van der Waals surface area contributed by atoms with Gasteiger partial charge in [-0.3, -0.25) is 4.79 Å². The van der Waals surface area contributed by atoms with E-state index in [4.69, 9.17) is 9.47 Å². The number of amides is 1. The molecular weight excluding hydrogens is 294 g/mol. The fourth-order valence-electron chi connectivity index (χ4n) is 1.87. The van der Waals surface area contributed by atoms with Crippen molar-refractivity contribution in [1.29, 1.82) is 0 Å². The molecular formula is C18H27NO4. The average molecular weight is 321 g/mol. The highest BCUT2D eigenvalue weighted by molar-refractivity contribution is 5.77. The Morgan fingerprint density at radius 3 is 2.17 bits per heavy atom. The lowest BCUT2D eigenvalue weighted by Crippen LogP contribution is -2.49. The third-order valence-electron chi connectivity index (χ3n) is 3.07. The van der Waals surface area contributed by atoms with Crippen LogP contribution in [0, 0.1) is 0 Å². The van der Waals surface area contributed by atoms with Crippen LogP contribution < -0.4 is 5.32 Å². The summed E-state index contributed by atoms with van der Waals surface area (Å²) < 4.78 is 10.6. The Kier molecular flexibility index (Phi) is 6.19. The van der Waals surface area contributed by atoms with Crippen LogP contribution in [0.5, 0.6) is 0 Å². The summed E-state index contributed by atoms with van der Waals surface area (Å²) in [6.45, 7) is 10.8. The molecule has 0 spiro atoms. The first-order valence-corrected chi connectivity index (χ1v) is 7.73. The number of rotatable bonds is 5. The molecule has 5 nitrogen and oxygen atoms in total. The maximum atomic E-state index is 12.1. The molecule has 0 saturated heterocycles. The van der Waals surface area contributed by atoms with Crippen LogP contribution >= 0.6 is 0 Å². The minimum absolute atomic E-state index is 0.0717. The van der Waals surface area contributed by atoms with Crippen molar-refractivity contribution >= 4 is 12.1 Å². The average Bonchev–Trinajstić information content (AvgIpc) is 2.42. The van der Waals surface area contributed by atoms with E-state index in [2.05, 4.69) is 5.32 Å².